The van der Waals surface area contributed by atoms with E-state index in [9.17, 15) is 9.59 Å². The molecule has 0 spiro atoms. The molecule has 0 saturated carbocycles. The summed E-state index contributed by atoms with van der Waals surface area (Å²) in [5, 5.41) is 0. The second-order valence-electron chi connectivity index (χ2n) is 4.12. The van der Waals surface area contributed by atoms with E-state index in [-0.39, 0.29) is 5.75 Å². The second kappa shape index (κ2) is 7.04. The zero-order chi connectivity index (χ0) is 15.2. The standard InChI is InChI=1S/C16H13BrO4/c1-2-20-15-6-4-3-5-13(15)16(19)21-14-8-7-12(17)9-11(14)10-18/h3-10H,2H2,1H3. The molecule has 0 bridgehead atoms. The highest BCUT2D eigenvalue weighted by Gasteiger charge is 2.16. The third-order valence-corrected chi connectivity index (χ3v) is 3.20. The average molecular weight is 349 g/mol. The molecule has 2 aromatic rings. The summed E-state index contributed by atoms with van der Waals surface area (Å²) in [4.78, 5) is 23.3. The van der Waals surface area contributed by atoms with Crippen LogP contribution in [-0.4, -0.2) is 18.9 Å². The average Bonchev–Trinajstić information content (AvgIpc) is 2.49. The lowest BCUT2D eigenvalue weighted by atomic mass is 10.2. The molecule has 5 heteroatoms. The highest BCUT2D eigenvalue weighted by atomic mass is 79.9. The van der Waals surface area contributed by atoms with Gasteiger partial charge in [0.15, 0.2) is 6.29 Å². The van der Waals surface area contributed by atoms with Crippen molar-refractivity contribution in [3.05, 3.63) is 58.1 Å². The number of esters is 1. The van der Waals surface area contributed by atoms with Crippen LogP contribution in [0.1, 0.15) is 27.6 Å². The Hall–Kier alpha value is -2.14. The maximum absolute atomic E-state index is 12.2. The van der Waals surface area contributed by atoms with Gasteiger partial charge in [-0.25, -0.2) is 4.79 Å². The maximum atomic E-state index is 12.2. The van der Waals surface area contributed by atoms with Crippen LogP contribution in [0.15, 0.2) is 46.9 Å². The molecule has 0 radical (unpaired) electrons. The van der Waals surface area contributed by atoms with Crippen LogP contribution < -0.4 is 9.47 Å². The van der Waals surface area contributed by atoms with Gasteiger partial charge in [0.05, 0.1) is 12.2 Å². The van der Waals surface area contributed by atoms with Gasteiger partial charge in [0.2, 0.25) is 0 Å². The second-order valence-corrected chi connectivity index (χ2v) is 5.03. The number of para-hydroxylation sites is 1. The molecule has 0 aromatic heterocycles. The van der Waals surface area contributed by atoms with Crippen LogP contribution in [0.4, 0.5) is 0 Å². The van der Waals surface area contributed by atoms with Crippen LogP contribution >= 0.6 is 15.9 Å². The third kappa shape index (κ3) is 3.70. The van der Waals surface area contributed by atoms with Crippen molar-refractivity contribution in [1.82, 2.24) is 0 Å². The summed E-state index contributed by atoms with van der Waals surface area (Å²) < 4.78 is 11.4. The SMILES string of the molecule is CCOc1ccccc1C(=O)Oc1ccc(Br)cc1C=O. The molecule has 0 atom stereocenters. The zero-order valence-corrected chi connectivity index (χ0v) is 12.9. The molecule has 0 aliphatic carbocycles. The number of hydrogen-bond acceptors (Lipinski definition) is 4. The molecule has 4 nitrogen and oxygen atoms in total. The molecule has 2 rings (SSSR count). The van der Waals surface area contributed by atoms with Gasteiger partial charge in [0, 0.05) is 4.47 Å². The van der Waals surface area contributed by atoms with Gasteiger partial charge in [-0.05, 0) is 37.3 Å². The number of carbonyl (C=O) groups excluding carboxylic acids is 2. The Balaban J connectivity index is 2.28. The van der Waals surface area contributed by atoms with Crippen molar-refractivity contribution < 1.29 is 19.1 Å². The lowest BCUT2D eigenvalue weighted by Crippen LogP contribution is -2.11. The summed E-state index contributed by atoms with van der Waals surface area (Å²) in [5.74, 6) is 0.101. The van der Waals surface area contributed by atoms with E-state index in [0.29, 0.717) is 29.8 Å². The van der Waals surface area contributed by atoms with Gasteiger partial charge >= 0.3 is 5.97 Å². The number of ether oxygens (including phenoxy) is 2. The Morgan fingerprint density at radius 1 is 1.19 bits per heavy atom. The highest BCUT2D eigenvalue weighted by Crippen LogP contribution is 2.25. The zero-order valence-electron chi connectivity index (χ0n) is 11.3. The van der Waals surface area contributed by atoms with E-state index in [1.165, 1.54) is 0 Å². The van der Waals surface area contributed by atoms with Crippen molar-refractivity contribution >= 4 is 28.2 Å². The van der Waals surface area contributed by atoms with Crippen molar-refractivity contribution in [2.75, 3.05) is 6.61 Å². The topological polar surface area (TPSA) is 52.6 Å². The van der Waals surface area contributed by atoms with Crippen molar-refractivity contribution in [3.63, 3.8) is 0 Å². The minimum Gasteiger partial charge on any atom is -0.493 e. The van der Waals surface area contributed by atoms with Gasteiger partial charge in [0.25, 0.3) is 0 Å². The van der Waals surface area contributed by atoms with Crippen LogP contribution in [0.5, 0.6) is 11.5 Å². The normalized spacial score (nSPS) is 10.0. The van der Waals surface area contributed by atoms with Crippen LogP contribution in [-0.2, 0) is 0 Å². The third-order valence-electron chi connectivity index (χ3n) is 2.71. The number of hydrogen-bond donors (Lipinski definition) is 0. The van der Waals surface area contributed by atoms with Crippen molar-refractivity contribution in [2.45, 2.75) is 6.92 Å². The molecular weight excluding hydrogens is 336 g/mol. The molecular formula is C16H13BrO4. The van der Waals surface area contributed by atoms with Crippen molar-refractivity contribution in [3.8, 4) is 11.5 Å². The molecule has 0 amide bonds. The first-order valence-corrected chi connectivity index (χ1v) is 7.13. The number of carbonyl (C=O) groups is 2. The minimum atomic E-state index is -0.565. The monoisotopic (exact) mass is 348 g/mol. The first-order valence-electron chi connectivity index (χ1n) is 6.34. The van der Waals surface area contributed by atoms with Gasteiger partial charge in [0.1, 0.15) is 17.1 Å². The molecule has 108 valence electrons. The van der Waals surface area contributed by atoms with E-state index in [4.69, 9.17) is 9.47 Å². The van der Waals surface area contributed by atoms with E-state index in [2.05, 4.69) is 15.9 Å². The van der Waals surface area contributed by atoms with Gasteiger partial charge in [-0.3, -0.25) is 4.79 Å². The smallest absolute Gasteiger partial charge is 0.347 e. The number of benzene rings is 2. The van der Waals surface area contributed by atoms with Crippen LogP contribution in [0, 0.1) is 0 Å². The van der Waals surface area contributed by atoms with Crippen LogP contribution in [0.25, 0.3) is 0 Å². The first kappa shape index (κ1) is 15.3. The summed E-state index contributed by atoms with van der Waals surface area (Å²) in [6.07, 6.45) is 0.641. The summed E-state index contributed by atoms with van der Waals surface area (Å²) in [6.45, 7) is 2.28. The van der Waals surface area contributed by atoms with Gasteiger partial charge in [-0.1, -0.05) is 28.1 Å². The Labute approximate surface area is 130 Å². The maximum Gasteiger partial charge on any atom is 0.347 e. The summed E-state index contributed by atoms with van der Waals surface area (Å²) in [7, 11) is 0. The fourth-order valence-electron chi connectivity index (χ4n) is 1.78. The molecule has 0 N–H and O–H groups in total. The van der Waals surface area contributed by atoms with Gasteiger partial charge in [-0.2, -0.15) is 0 Å². The number of rotatable bonds is 5. The fourth-order valence-corrected chi connectivity index (χ4v) is 2.15. The fraction of sp³-hybridized carbons (Fsp3) is 0.125. The van der Waals surface area contributed by atoms with Gasteiger partial charge in [-0.15, -0.1) is 0 Å². The molecule has 0 unspecified atom stereocenters. The molecule has 2 aromatic carbocycles. The Kier molecular flexibility index (Phi) is 5.11. The lowest BCUT2D eigenvalue weighted by molar-refractivity contribution is 0.0729. The minimum absolute atomic E-state index is 0.213. The number of halogens is 1. The molecule has 0 aliphatic heterocycles. The highest BCUT2D eigenvalue weighted by molar-refractivity contribution is 9.10. The van der Waals surface area contributed by atoms with Crippen LogP contribution in [0.3, 0.4) is 0 Å². The van der Waals surface area contributed by atoms with E-state index in [0.717, 1.165) is 4.47 Å². The first-order chi connectivity index (χ1) is 10.2. The number of aldehydes is 1. The van der Waals surface area contributed by atoms with Crippen molar-refractivity contribution in [2.24, 2.45) is 0 Å². The summed E-state index contributed by atoms with van der Waals surface area (Å²) >= 11 is 3.26. The largest absolute Gasteiger partial charge is 0.493 e. The lowest BCUT2D eigenvalue weighted by Gasteiger charge is -2.10. The summed E-state index contributed by atoms with van der Waals surface area (Å²) in [6, 6.07) is 11.7. The molecule has 21 heavy (non-hydrogen) atoms. The Bertz CT molecular complexity index is 667. The molecule has 0 heterocycles. The van der Waals surface area contributed by atoms with E-state index >= 15 is 0 Å². The van der Waals surface area contributed by atoms with Crippen LogP contribution in [0.2, 0.25) is 0 Å². The Morgan fingerprint density at radius 3 is 2.67 bits per heavy atom. The Morgan fingerprint density at radius 2 is 1.95 bits per heavy atom. The predicted octanol–water partition coefficient (Wildman–Crippen LogP) is 3.88. The quantitative estimate of drug-likeness (QED) is 0.467. The molecule has 0 fully saturated rings. The van der Waals surface area contributed by atoms with E-state index in [1.807, 2.05) is 6.92 Å². The molecule has 0 saturated heterocycles. The summed E-state index contributed by atoms with van der Waals surface area (Å²) in [5.41, 5.74) is 0.616. The van der Waals surface area contributed by atoms with E-state index < -0.39 is 5.97 Å². The van der Waals surface area contributed by atoms with Gasteiger partial charge < -0.3 is 9.47 Å². The van der Waals surface area contributed by atoms with E-state index in [1.54, 1.807) is 42.5 Å². The van der Waals surface area contributed by atoms with Crippen molar-refractivity contribution in [1.29, 1.82) is 0 Å². The predicted molar refractivity (Wildman–Crippen MR) is 82.1 cm³/mol. The molecule has 0 aliphatic rings.